The van der Waals surface area contributed by atoms with Crippen LogP contribution < -0.4 is 4.90 Å². The van der Waals surface area contributed by atoms with Gasteiger partial charge in [-0.2, -0.15) is 18.2 Å². The molecule has 2 fully saturated rings. The second-order valence-electron chi connectivity index (χ2n) is 8.92. The van der Waals surface area contributed by atoms with Crippen LogP contribution in [-0.2, 0) is 4.74 Å². The Morgan fingerprint density at radius 1 is 1.03 bits per heavy atom. The van der Waals surface area contributed by atoms with Crippen molar-refractivity contribution in [1.29, 1.82) is 0 Å². The van der Waals surface area contributed by atoms with E-state index >= 15 is 0 Å². The second-order valence-corrected chi connectivity index (χ2v) is 8.92. The summed E-state index contributed by atoms with van der Waals surface area (Å²) in [5, 5.41) is 0. The molecule has 0 spiro atoms. The number of fused-ring (bicyclic) bond motifs is 1. The second kappa shape index (κ2) is 8.16. The molecule has 1 aliphatic heterocycles. The molecule has 2 aliphatic rings. The summed E-state index contributed by atoms with van der Waals surface area (Å²) in [7, 11) is 0. The molecular formula is C23H25F3N6O. The van der Waals surface area contributed by atoms with E-state index in [0.29, 0.717) is 42.5 Å². The summed E-state index contributed by atoms with van der Waals surface area (Å²) in [6, 6.07) is 3.92. The van der Waals surface area contributed by atoms with E-state index in [4.69, 9.17) is 9.72 Å². The van der Waals surface area contributed by atoms with Crippen LogP contribution in [0.4, 0.5) is 19.1 Å². The smallest absolute Gasteiger partial charge is 0.370 e. The van der Waals surface area contributed by atoms with Gasteiger partial charge in [-0.15, -0.1) is 0 Å². The summed E-state index contributed by atoms with van der Waals surface area (Å²) in [6.07, 6.45) is -2.56. The largest absolute Gasteiger partial charge is 0.391 e. The van der Waals surface area contributed by atoms with Gasteiger partial charge in [0.1, 0.15) is 11.6 Å². The van der Waals surface area contributed by atoms with E-state index < -0.39 is 12.1 Å². The van der Waals surface area contributed by atoms with Gasteiger partial charge in [-0.1, -0.05) is 0 Å². The Hall–Kier alpha value is -2.88. The maximum absolute atomic E-state index is 13.1. The fourth-order valence-corrected chi connectivity index (χ4v) is 4.46. The summed E-state index contributed by atoms with van der Waals surface area (Å²) in [4.78, 5) is 24.9. The fraction of sp³-hybridized carbons (Fsp3) is 0.522. The number of rotatable bonds is 3. The Bertz CT molecular complexity index is 1190. The summed E-state index contributed by atoms with van der Waals surface area (Å²) in [5.41, 5.74) is 4.89. The van der Waals surface area contributed by atoms with Crippen LogP contribution in [0.5, 0.6) is 0 Å². The Balaban J connectivity index is 1.50. The van der Waals surface area contributed by atoms with Gasteiger partial charge in [-0.3, -0.25) is 4.98 Å². The van der Waals surface area contributed by atoms with Crippen LogP contribution in [0.3, 0.4) is 0 Å². The average Bonchev–Trinajstić information content (AvgIpc) is 2.73. The van der Waals surface area contributed by atoms with Crippen molar-refractivity contribution in [1.82, 2.24) is 24.9 Å². The van der Waals surface area contributed by atoms with E-state index in [2.05, 4.69) is 19.9 Å². The average molecular weight is 458 g/mol. The van der Waals surface area contributed by atoms with Crippen molar-refractivity contribution in [3.05, 3.63) is 46.7 Å². The van der Waals surface area contributed by atoms with Crippen molar-refractivity contribution >= 4 is 17.1 Å². The lowest BCUT2D eigenvalue weighted by Crippen LogP contribution is -2.40. The molecule has 0 N–H and O–H groups in total. The first kappa shape index (κ1) is 21.9. The first-order chi connectivity index (χ1) is 15.7. The lowest BCUT2D eigenvalue weighted by Gasteiger charge is -2.37. The molecule has 7 nitrogen and oxygen atoms in total. The molecule has 1 aliphatic carbocycles. The summed E-state index contributed by atoms with van der Waals surface area (Å²) >= 11 is 0. The Morgan fingerprint density at radius 3 is 2.52 bits per heavy atom. The molecule has 5 rings (SSSR count). The third-order valence-electron chi connectivity index (χ3n) is 6.59. The Kier molecular flexibility index (Phi) is 5.43. The number of pyridine rings is 1. The van der Waals surface area contributed by atoms with Gasteiger partial charge in [0.25, 0.3) is 0 Å². The molecule has 0 amide bonds. The zero-order valence-electron chi connectivity index (χ0n) is 18.7. The van der Waals surface area contributed by atoms with Gasteiger partial charge < -0.3 is 9.64 Å². The molecule has 3 aromatic heterocycles. The third kappa shape index (κ3) is 4.23. The van der Waals surface area contributed by atoms with Gasteiger partial charge >= 0.3 is 6.18 Å². The van der Waals surface area contributed by atoms with E-state index in [-0.39, 0.29) is 24.9 Å². The van der Waals surface area contributed by atoms with Crippen molar-refractivity contribution in [2.75, 3.05) is 24.6 Å². The third-order valence-corrected chi connectivity index (χ3v) is 6.59. The maximum Gasteiger partial charge on any atom is 0.391 e. The summed E-state index contributed by atoms with van der Waals surface area (Å²) in [6.45, 7) is 7.21. The molecule has 1 saturated carbocycles. The van der Waals surface area contributed by atoms with Gasteiger partial charge in [0.2, 0.25) is 5.95 Å². The Labute approximate surface area is 189 Å². The molecule has 3 aromatic rings. The molecule has 33 heavy (non-hydrogen) atoms. The van der Waals surface area contributed by atoms with Crippen LogP contribution in [0.25, 0.3) is 11.2 Å². The molecule has 0 radical (unpaired) electrons. The predicted molar refractivity (Wildman–Crippen MR) is 116 cm³/mol. The highest BCUT2D eigenvalue weighted by atomic mass is 19.4. The summed E-state index contributed by atoms with van der Waals surface area (Å²) in [5.74, 6) is -1.14. The lowest BCUT2D eigenvalue weighted by molar-refractivity contribution is -0.197. The van der Waals surface area contributed by atoms with Crippen LogP contribution in [0.15, 0.2) is 18.3 Å². The van der Waals surface area contributed by atoms with Crippen LogP contribution in [0.1, 0.15) is 53.2 Å². The number of morpholine rings is 1. The Morgan fingerprint density at radius 2 is 1.79 bits per heavy atom. The number of alkyl halides is 3. The van der Waals surface area contributed by atoms with E-state index in [1.807, 2.05) is 37.8 Å². The highest BCUT2D eigenvalue weighted by Gasteiger charge is 2.49. The highest BCUT2D eigenvalue weighted by Crippen LogP contribution is 2.50. The van der Waals surface area contributed by atoms with E-state index in [0.717, 1.165) is 22.6 Å². The van der Waals surface area contributed by atoms with Crippen molar-refractivity contribution in [3.63, 3.8) is 0 Å². The number of halogens is 3. The standard InChI is InChI=1S/C23H25F3N6O/c1-12-8-15(4-5-27-12)18-11-32(6-7-33-18)22-30-19(16-9-17(10-16)23(24,25)26)20-21(31-22)29-14(3)13(2)28-20/h4-5,8,16-18H,6-7,9-11H2,1-3H3. The summed E-state index contributed by atoms with van der Waals surface area (Å²) < 4.78 is 45.4. The van der Waals surface area contributed by atoms with Gasteiger partial charge in [0.15, 0.2) is 5.65 Å². The van der Waals surface area contributed by atoms with Crippen molar-refractivity contribution < 1.29 is 17.9 Å². The quantitative estimate of drug-likeness (QED) is 0.577. The zero-order valence-corrected chi connectivity index (χ0v) is 18.7. The molecule has 1 saturated heterocycles. The molecule has 1 unspecified atom stereocenters. The van der Waals surface area contributed by atoms with Gasteiger partial charge in [-0.25, -0.2) is 15.0 Å². The monoisotopic (exact) mass is 458 g/mol. The molecule has 174 valence electrons. The number of hydrogen-bond donors (Lipinski definition) is 0. The molecular weight excluding hydrogens is 433 g/mol. The minimum absolute atomic E-state index is 0.0195. The normalized spacial score (nSPS) is 23.6. The first-order valence-electron chi connectivity index (χ1n) is 11.1. The van der Waals surface area contributed by atoms with Gasteiger partial charge in [0, 0.05) is 24.4 Å². The topological polar surface area (TPSA) is 76.9 Å². The minimum atomic E-state index is -4.18. The van der Waals surface area contributed by atoms with Gasteiger partial charge in [-0.05, 0) is 51.3 Å². The van der Waals surface area contributed by atoms with Crippen LogP contribution >= 0.6 is 0 Å². The number of aromatic nitrogens is 5. The van der Waals surface area contributed by atoms with Crippen molar-refractivity contribution in [2.45, 2.75) is 51.8 Å². The van der Waals surface area contributed by atoms with Crippen LogP contribution in [0.2, 0.25) is 0 Å². The number of aryl methyl sites for hydroxylation is 3. The number of nitrogens with zero attached hydrogens (tertiary/aromatic N) is 6. The molecule has 0 bridgehead atoms. The minimum Gasteiger partial charge on any atom is -0.370 e. The predicted octanol–water partition coefficient (Wildman–Crippen LogP) is 4.37. The number of hydrogen-bond acceptors (Lipinski definition) is 7. The lowest BCUT2D eigenvalue weighted by atomic mass is 9.72. The molecule has 10 heteroatoms. The van der Waals surface area contributed by atoms with Gasteiger partial charge in [0.05, 0.1) is 36.2 Å². The van der Waals surface area contributed by atoms with Crippen molar-refractivity contribution in [3.8, 4) is 0 Å². The van der Waals surface area contributed by atoms with E-state index in [1.165, 1.54) is 0 Å². The first-order valence-corrected chi connectivity index (χ1v) is 11.1. The van der Waals surface area contributed by atoms with E-state index in [1.54, 1.807) is 6.20 Å². The van der Waals surface area contributed by atoms with Crippen molar-refractivity contribution in [2.24, 2.45) is 5.92 Å². The van der Waals surface area contributed by atoms with Crippen LogP contribution in [-0.4, -0.2) is 50.8 Å². The molecule has 4 heterocycles. The zero-order chi connectivity index (χ0) is 23.3. The molecule has 0 aromatic carbocycles. The van der Waals surface area contributed by atoms with E-state index in [9.17, 15) is 13.2 Å². The maximum atomic E-state index is 13.1. The number of ether oxygens (including phenoxy) is 1. The highest BCUT2D eigenvalue weighted by molar-refractivity contribution is 5.75. The fourth-order valence-electron chi connectivity index (χ4n) is 4.46. The van der Waals surface area contributed by atoms with Crippen LogP contribution in [0, 0.1) is 26.7 Å². The SMILES string of the molecule is Cc1cc(C2CN(c3nc(C4CC(C(F)(F)F)C4)c4nc(C)c(C)nc4n3)CCO2)ccn1. The number of anilines is 1. The molecule has 1 atom stereocenters.